The molecule has 0 radical (unpaired) electrons. The lowest BCUT2D eigenvalue weighted by atomic mass is 9.98. The van der Waals surface area contributed by atoms with Gasteiger partial charge in [0.1, 0.15) is 12.3 Å². The van der Waals surface area contributed by atoms with E-state index in [2.05, 4.69) is 0 Å². The first-order valence-electron chi connectivity index (χ1n) is 11.0. The van der Waals surface area contributed by atoms with Crippen LogP contribution in [0.5, 0.6) is 5.75 Å². The molecule has 0 unspecified atom stereocenters. The molecule has 0 saturated heterocycles. The average molecular weight is 436 g/mol. The lowest BCUT2D eigenvalue weighted by Crippen LogP contribution is -2.43. The van der Waals surface area contributed by atoms with Crippen molar-refractivity contribution >= 4 is 17.5 Å². The minimum atomic E-state index is -0.217. The van der Waals surface area contributed by atoms with Crippen LogP contribution in [0.4, 0.5) is 0 Å². The molecule has 2 amide bonds. The van der Waals surface area contributed by atoms with E-state index in [9.17, 15) is 9.59 Å². The zero-order valence-corrected chi connectivity index (χ0v) is 18.6. The predicted molar refractivity (Wildman–Crippen MR) is 121 cm³/mol. The number of hydrazone groups is 1. The minimum absolute atomic E-state index is 0.00306. The number of rotatable bonds is 9. The Morgan fingerprint density at radius 3 is 2.56 bits per heavy atom. The fourth-order valence-corrected chi connectivity index (χ4v) is 3.95. The van der Waals surface area contributed by atoms with Crippen LogP contribution in [0.15, 0.2) is 59.7 Å². The van der Waals surface area contributed by atoms with E-state index in [4.69, 9.17) is 14.6 Å². The minimum Gasteiger partial charge on any atom is -0.497 e. The van der Waals surface area contributed by atoms with E-state index < -0.39 is 0 Å². The summed E-state index contributed by atoms with van der Waals surface area (Å²) < 4.78 is 10.5. The normalized spacial score (nSPS) is 17.8. The second-order valence-corrected chi connectivity index (χ2v) is 8.17. The summed E-state index contributed by atoms with van der Waals surface area (Å²) in [6.07, 6.45) is 2.38. The lowest BCUT2D eigenvalue weighted by Gasteiger charge is -2.27. The Kier molecular flexibility index (Phi) is 6.85. The zero-order chi connectivity index (χ0) is 22.5. The van der Waals surface area contributed by atoms with Crippen LogP contribution >= 0.6 is 0 Å². The summed E-state index contributed by atoms with van der Waals surface area (Å²) in [7, 11) is 3.22. The molecule has 0 aromatic heterocycles. The first-order chi connectivity index (χ1) is 15.6. The summed E-state index contributed by atoms with van der Waals surface area (Å²) >= 11 is 0. The molecule has 1 aliphatic carbocycles. The summed E-state index contributed by atoms with van der Waals surface area (Å²) in [4.78, 5) is 27.7. The Morgan fingerprint density at radius 1 is 1.09 bits per heavy atom. The second-order valence-electron chi connectivity index (χ2n) is 8.17. The Morgan fingerprint density at radius 2 is 1.88 bits per heavy atom. The zero-order valence-electron chi connectivity index (χ0n) is 18.6. The maximum atomic E-state index is 13.4. The van der Waals surface area contributed by atoms with E-state index >= 15 is 0 Å². The number of amides is 2. The Bertz CT molecular complexity index is 988. The number of carbonyl (C=O) groups is 2. The van der Waals surface area contributed by atoms with Crippen LogP contribution < -0.4 is 4.74 Å². The number of carbonyl (C=O) groups excluding carboxylic acids is 2. The van der Waals surface area contributed by atoms with Crippen molar-refractivity contribution < 1.29 is 19.1 Å². The van der Waals surface area contributed by atoms with E-state index in [0.29, 0.717) is 19.6 Å². The summed E-state index contributed by atoms with van der Waals surface area (Å²) in [6, 6.07) is 17.4. The molecule has 0 spiro atoms. The molecule has 4 rings (SSSR count). The molecule has 1 aliphatic heterocycles. The van der Waals surface area contributed by atoms with E-state index in [1.165, 1.54) is 0 Å². The van der Waals surface area contributed by atoms with Gasteiger partial charge in [0.05, 0.1) is 25.5 Å². The number of hydrogen-bond acceptors (Lipinski definition) is 5. The number of hydrogen-bond donors (Lipinski definition) is 0. The molecule has 2 aromatic carbocycles. The van der Waals surface area contributed by atoms with Crippen molar-refractivity contribution in [2.24, 2.45) is 11.0 Å². The van der Waals surface area contributed by atoms with Crippen LogP contribution in [0.2, 0.25) is 0 Å². The van der Waals surface area contributed by atoms with Gasteiger partial charge in [-0.1, -0.05) is 42.5 Å². The Balaban J connectivity index is 1.59. The van der Waals surface area contributed by atoms with Gasteiger partial charge in [-0.3, -0.25) is 9.59 Å². The number of methoxy groups -OCH3 is 2. The highest BCUT2D eigenvalue weighted by Gasteiger charge is 2.37. The maximum absolute atomic E-state index is 13.4. The third-order valence-electron chi connectivity index (χ3n) is 5.88. The number of nitrogens with zero attached hydrogens (tertiary/aromatic N) is 3. The van der Waals surface area contributed by atoms with Gasteiger partial charge >= 0.3 is 0 Å². The third-order valence-corrected chi connectivity index (χ3v) is 5.88. The largest absolute Gasteiger partial charge is 0.497 e. The fraction of sp³-hybridized carbons (Fsp3) is 0.400. The molecular weight excluding hydrogens is 406 g/mol. The molecule has 2 aliphatic rings. The van der Waals surface area contributed by atoms with Crippen molar-refractivity contribution in [3.05, 3.63) is 65.7 Å². The maximum Gasteiger partial charge on any atom is 0.262 e. The number of benzene rings is 2. The molecule has 2 aromatic rings. The van der Waals surface area contributed by atoms with Crippen molar-refractivity contribution in [1.29, 1.82) is 0 Å². The molecule has 1 heterocycles. The van der Waals surface area contributed by atoms with Gasteiger partial charge in [-0.2, -0.15) is 5.10 Å². The van der Waals surface area contributed by atoms with E-state index in [1.807, 2.05) is 54.6 Å². The summed E-state index contributed by atoms with van der Waals surface area (Å²) in [6.45, 7) is 0.789. The summed E-state index contributed by atoms with van der Waals surface area (Å²) in [5.74, 6) is 0.621. The topological polar surface area (TPSA) is 71.4 Å². The van der Waals surface area contributed by atoms with Crippen molar-refractivity contribution in [3.8, 4) is 5.75 Å². The quantitative estimate of drug-likeness (QED) is 0.606. The van der Waals surface area contributed by atoms with E-state index in [-0.39, 0.29) is 30.3 Å². The second kappa shape index (κ2) is 9.96. The Hall–Kier alpha value is -3.19. The molecule has 1 fully saturated rings. The van der Waals surface area contributed by atoms with Gasteiger partial charge in [0, 0.05) is 31.6 Å². The van der Waals surface area contributed by atoms with Crippen molar-refractivity contribution in [1.82, 2.24) is 9.91 Å². The fourth-order valence-electron chi connectivity index (χ4n) is 3.95. The lowest BCUT2D eigenvalue weighted by molar-refractivity contribution is -0.142. The predicted octanol–water partition coefficient (Wildman–Crippen LogP) is 3.26. The highest BCUT2D eigenvalue weighted by Crippen LogP contribution is 2.34. The van der Waals surface area contributed by atoms with Crippen molar-refractivity contribution in [2.45, 2.75) is 25.3 Å². The van der Waals surface area contributed by atoms with Crippen LogP contribution in [0.1, 0.15) is 36.4 Å². The molecule has 0 bridgehead atoms. The van der Waals surface area contributed by atoms with Crippen molar-refractivity contribution in [3.63, 3.8) is 0 Å². The summed E-state index contributed by atoms with van der Waals surface area (Å²) in [5.41, 5.74) is 2.76. The molecule has 1 saturated carbocycles. The molecule has 168 valence electrons. The van der Waals surface area contributed by atoms with Crippen LogP contribution in [-0.2, 0) is 14.3 Å². The van der Waals surface area contributed by atoms with Gasteiger partial charge in [-0.05, 0) is 30.5 Å². The van der Waals surface area contributed by atoms with E-state index in [0.717, 1.165) is 35.4 Å². The standard InChI is InChI=1S/C25H29N3O4/c1-31-14-13-27(25(30)19-11-12-19)17-24(29)28-23(18-7-4-3-5-8-18)16-22(26-28)20-9-6-10-21(15-20)32-2/h3-10,15,19,23H,11-14,16-17H2,1-2H3/t23-/m0/s1. The Labute approximate surface area is 188 Å². The van der Waals surface area contributed by atoms with Crippen LogP contribution in [0.3, 0.4) is 0 Å². The highest BCUT2D eigenvalue weighted by molar-refractivity contribution is 6.03. The summed E-state index contributed by atoms with van der Waals surface area (Å²) in [5, 5.41) is 6.27. The average Bonchev–Trinajstić information content (AvgIpc) is 3.59. The van der Waals surface area contributed by atoms with Gasteiger partial charge in [-0.15, -0.1) is 0 Å². The van der Waals surface area contributed by atoms with Crippen LogP contribution in [0, 0.1) is 5.92 Å². The van der Waals surface area contributed by atoms with Crippen LogP contribution in [0.25, 0.3) is 0 Å². The monoisotopic (exact) mass is 435 g/mol. The first kappa shape index (κ1) is 22.0. The molecule has 0 N–H and O–H groups in total. The smallest absolute Gasteiger partial charge is 0.262 e. The van der Waals surface area contributed by atoms with Crippen LogP contribution in [-0.4, -0.2) is 61.4 Å². The molecule has 32 heavy (non-hydrogen) atoms. The SMILES string of the molecule is COCCN(CC(=O)N1N=C(c2cccc(OC)c2)C[C@H]1c1ccccc1)C(=O)C1CC1. The van der Waals surface area contributed by atoms with Gasteiger partial charge < -0.3 is 14.4 Å². The molecule has 7 nitrogen and oxygen atoms in total. The highest BCUT2D eigenvalue weighted by atomic mass is 16.5. The van der Waals surface area contributed by atoms with Gasteiger partial charge in [-0.25, -0.2) is 5.01 Å². The van der Waals surface area contributed by atoms with Gasteiger partial charge in [0.15, 0.2) is 0 Å². The number of ether oxygens (including phenoxy) is 2. The van der Waals surface area contributed by atoms with Gasteiger partial charge in [0.2, 0.25) is 5.91 Å². The first-order valence-corrected chi connectivity index (χ1v) is 11.0. The van der Waals surface area contributed by atoms with E-state index in [1.54, 1.807) is 24.1 Å². The van der Waals surface area contributed by atoms with Crippen molar-refractivity contribution in [2.75, 3.05) is 33.9 Å². The molecular formula is C25H29N3O4. The molecule has 1 atom stereocenters. The third kappa shape index (κ3) is 4.99. The molecule has 7 heteroatoms. The van der Waals surface area contributed by atoms with Gasteiger partial charge in [0.25, 0.3) is 5.91 Å².